The molecule has 13 heavy (non-hydrogen) atoms. The number of methoxy groups -OCH3 is 1. The van der Waals surface area contributed by atoms with Crippen LogP contribution in [0.2, 0.25) is 0 Å². The quantitative estimate of drug-likeness (QED) is 0.543. The molecule has 0 bridgehead atoms. The summed E-state index contributed by atoms with van der Waals surface area (Å²) in [6.45, 7) is 0. The Bertz CT molecular complexity index is 329. The van der Waals surface area contributed by atoms with E-state index >= 15 is 0 Å². The topological polar surface area (TPSA) is 33.1 Å². The summed E-state index contributed by atoms with van der Waals surface area (Å²) in [6.07, 6.45) is 2.52. The third-order valence-corrected chi connectivity index (χ3v) is 2.43. The number of hydrogen-bond acceptors (Lipinski definition) is 2. The predicted octanol–water partition coefficient (Wildman–Crippen LogP) is 2.54. The van der Waals surface area contributed by atoms with Crippen molar-refractivity contribution in [2.45, 2.75) is 18.8 Å². The molecule has 0 spiro atoms. The summed E-state index contributed by atoms with van der Waals surface area (Å²) >= 11 is 0. The molecule has 0 aliphatic heterocycles. The van der Waals surface area contributed by atoms with Gasteiger partial charge in [-0.2, -0.15) is 0 Å². The Morgan fingerprint density at radius 1 is 1.38 bits per heavy atom. The summed E-state index contributed by atoms with van der Waals surface area (Å²) in [4.78, 5) is 0. The molecule has 2 nitrogen and oxygen atoms in total. The van der Waals surface area contributed by atoms with Crippen LogP contribution in [0.1, 0.15) is 29.9 Å². The van der Waals surface area contributed by atoms with Crippen LogP contribution in [-0.4, -0.2) is 13.0 Å². The van der Waals surface area contributed by atoms with E-state index in [0.29, 0.717) is 5.92 Å². The Morgan fingerprint density at radius 3 is 2.69 bits per heavy atom. The first-order chi connectivity index (χ1) is 6.33. The van der Waals surface area contributed by atoms with E-state index in [2.05, 4.69) is 6.07 Å². The van der Waals surface area contributed by atoms with Crippen LogP contribution < -0.4 is 0 Å². The molecule has 1 aromatic carbocycles. The van der Waals surface area contributed by atoms with Gasteiger partial charge in [-0.3, -0.25) is 5.41 Å². The van der Waals surface area contributed by atoms with E-state index in [9.17, 15) is 0 Å². The molecule has 1 aliphatic carbocycles. The lowest BCUT2D eigenvalue weighted by molar-refractivity contribution is 0.400. The second-order valence-corrected chi connectivity index (χ2v) is 3.39. The van der Waals surface area contributed by atoms with Gasteiger partial charge in [0, 0.05) is 5.56 Å². The van der Waals surface area contributed by atoms with Crippen molar-refractivity contribution in [1.82, 2.24) is 0 Å². The second-order valence-electron chi connectivity index (χ2n) is 3.39. The molecule has 1 aromatic rings. The Hall–Kier alpha value is -1.31. The third kappa shape index (κ3) is 1.57. The van der Waals surface area contributed by atoms with Crippen LogP contribution in [0.5, 0.6) is 0 Å². The Labute approximate surface area is 78.0 Å². The molecule has 0 saturated heterocycles. The summed E-state index contributed by atoms with van der Waals surface area (Å²) in [7, 11) is 1.55. The van der Waals surface area contributed by atoms with Crippen LogP contribution in [-0.2, 0) is 4.74 Å². The second kappa shape index (κ2) is 3.21. The minimum atomic E-state index is 0.280. The summed E-state index contributed by atoms with van der Waals surface area (Å²) < 4.78 is 4.94. The molecular formula is C11H13NO. The summed E-state index contributed by atoms with van der Waals surface area (Å²) in [5, 5.41) is 7.62. The van der Waals surface area contributed by atoms with Gasteiger partial charge in [0.25, 0.3) is 0 Å². The number of rotatable bonds is 2. The minimum Gasteiger partial charge on any atom is -0.481 e. The van der Waals surface area contributed by atoms with Crippen LogP contribution in [0.15, 0.2) is 24.3 Å². The summed E-state index contributed by atoms with van der Waals surface area (Å²) in [6, 6.07) is 8.04. The average Bonchev–Trinajstić information content (AvgIpc) is 3.00. The van der Waals surface area contributed by atoms with Gasteiger partial charge in [0.05, 0.1) is 7.11 Å². The number of ether oxygens (including phenoxy) is 1. The molecule has 0 radical (unpaired) electrons. The number of benzene rings is 1. The zero-order valence-corrected chi connectivity index (χ0v) is 7.71. The zero-order chi connectivity index (χ0) is 9.26. The normalized spacial score (nSPS) is 15.5. The van der Waals surface area contributed by atoms with E-state index in [1.54, 1.807) is 7.11 Å². The van der Waals surface area contributed by atoms with Gasteiger partial charge in [0.1, 0.15) is 0 Å². The van der Waals surface area contributed by atoms with Crippen molar-refractivity contribution in [3.63, 3.8) is 0 Å². The van der Waals surface area contributed by atoms with Gasteiger partial charge in [-0.25, -0.2) is 0 Å². The first kappa shape index (κ1) is 8.30. The lowest BCUT2D eigenvalue weighted by Gasteiger charge is -2.07. The molecular weight excluding hydrogens is 162 g/mol. The minimum absolute atomic E-state index is 0.280. The maximum absolute atomic E-state index is 7.62. The Balaban J connectivity index is 2.36. The molecule has 0 unspecified atom stereocenters. The van der Waals surface area contributed by atoms with Crippen molar-refractivity contribution in [2.75, 3.05) is 7.11 Å². The first-order valence-electron chi connectivity index (χ1n) is 4.54. The molecule has 1 fully saturated rings. The fraction of sp³-hybridized carbons (Fsp3) is 0.364. The molecule has 1 saturated carbocycles. The SMILES string of the molecule is COC(=N)c1ccccc1C1CC1. The fourth-order valence-electron chi connectivity index (χ4n) is 1.56. The van der Waals surface area contributed by atoms with Crippen molar-refractivity contribution < 1.29 is 4.74 Å². The number of nitrogens with one attached hydrogen (secondary N) is 1. The van der Waals surface area contributed by atoms with E-state index in [-0.39, 0.29) is 5.90 Å². The van der Waals surface area contributed by atoms with Crippen molar-refractivity contribution in [3.8, 4) is 0 Å². The maximum atomic E-state index is 7.62. The molecule has 0 aromatic heterocycles. The first-order valence-corrected chi connectivity index (χ1v) is 4.54. The van der Waals surface area contributed by atoms with Gasteiger partial charge < -0.3 is 4.74 Å². The summed E-state index contributed by atoms with van der Waals surface area (Å²) in [5.74, 6) is 0.953. The smallest absolute Gasteiger partial charge is 0.213 e. The van der Waals surface area contributed by atoms with Crippen molar-refractivity contribution >= 4 is 5.90 Å². The van der Waals surface area contributed by atoms with Gasteiger partial charge in [0.2, 0.25) is 5.90 Å². The van der Waals surface area contributed by atoms with Gasteiger partial charge in [-0.1, -0.05) is 18.2 Å². The number of hydrogen-bond donors (Lipinski definition) is 1. The van der Waals surface area contributed by atoms with Crippen LogP contribution in [0, 0.1) is 5.41 Å². The molecule has 1 aliphatic rings. The zero-order valence-electron chi connectivity index (χ0n) is 7.71. The van der Waals surface area contributed by atoms with E-state index < -0.39 is 0 Å². The molecule has 0 atom stereocenters. The molecule has 2 rings (SSSR count). The molecule has 0 heterocycles. The van der Waals surface area contributed by atoms with E-state index in [4.69, 9.17) is 10.1 Å². The lowest BCUT2D eigenvalue weighted by atomic mass is 10.0. The van der Waals surface area contributed by atoms with Crippen molar-refractivity contribution in [2.24, 2.45) is 0 Å². The third-order valence-electron chi connectivity index (χ3n) is 2.43. The molecule has 1 N–H and O–H groups in total. The summed E-state index contributed by atoms with van der Waals surface area (Å²) in [5.41, 5.74) is 2.22. The fourth-order valence-corrected chi connectivity index (χ4v) is 1.56. The molecule has 68 valence electrons. The monoisotopic (exact) mass is 175 g/mol. The van der Waals surface area contributed by atoms with Crippen LogP contribution in [0.3, 0.4) is 0 Å². The highest BCUT2D eigenvalue weighted by atomic mass is 16.5. The lowest BCUT2D eigenvalue weighted by Crippen LogP contribution is -2.04. The molecule has 2 heteroatoms. The highest BCUT2D eigenvalue weighted by Gasteiger charge is 2.26. The standard InChI is InChI=1S/C11H13NO/c1-13-11(12)10-5-3-2-4-9(10)8-6-7-8/h2-5,8,12H,6-7H2,1H3. The van der Waals surface area contributed by atoms with E-state index in [1.807, 2.05) is 18.2 Å². The van der Waals surface area contributed by atoms with Gasteiger partial charge in [-0.15, -0.1) is 0 Å². The Morgan fingerprint density at radius 2 is 2.08 bits per heavy atom. The average molecular weight is 175 g/mol. The predicted molar refractivity (Wildman–Crippen MR) is 52.3 cm³/mol. The molecule has 0 amide bonds. The largest absolute Gasteiger partial charge is 0.481 e. The van der Waals surface area contributed by atoms with Gasteiger partial charge in [0.15, 0.2) is 0 Å². The van der Waals surface area contributed by atoms with Crippen molar-refractivity contribution in [1.29, 1.82) is 5.41 Å². The van der Waals surface area contributed by atoms with Crippen LogP contribution in [0.4, 0.5) is 0 Å². The van der Waals surface area contributed by atoms with E-state index in [0.717, 1.165) is 5.56 Å². The van der Waals surface area contributed by atoms with Crippen LogP contribution >= 0.6 is 0 Å². The van der Waals surface area contributed by atoms with Crippen LogP contribution in [0.25, 0.3) is 0 Å². The highest BCUT2D eigenvalue weighted by Crippen LogP contribution is 2.41. The maximum Gasteiger partial charge on any atom is 0.213 e. The Kier molecular flexibility index (Phi) is 2.05. The highest BCUT2D eigenvalue weighted by molar-refractivity contribution is 5.93. The van der Waals surface area contributed by atoms with Gasteiger partial charge >= 0.3 is 0 Å². The van der Waals surface area contributed by atoms with Crippen molar-refractivity contribution in [3.05, 3.63) is 35.4 Å². The van der Waals surface area contributed by atoms with E-state index in [1.165, 1.54) is 18.4 Å². The van der Waals surface area contributed by atoms with Gasteiger partial charge in [-0.05, 0) is 30.4 Å².